The number of nitrogens with two attached hydrogens (primary N) is 1. The third kappa shape index (κ3) is 4.18. The molecule has 142 valence electrons. The average Bonchev–Trinajstić information content (AvgIpc) is 2.60. The number of nitrogens with zero attached hydrogens (tertiary/aromatic N) is 1. The number of rotatable bonds is 5. The van der Waals surface area contributed by atoms with Gasteiger partial charge in [0.15, 0.2) is 6.61 Å². The summed E-state index contributed by atoms with van der Waals surface area (Å²) in [4.78, 5) is 26.1. The van der Waals surface area contributed by atoms with E-state index in [-0.39, 0.29) is 30.5 Å². The van der Waals surface area contributed by atoms with Crippen LogP contribution in [0.15, 0.2) is 24.3 Å². The second-order valence-corrected chi connectivity index (χ2v) is 7.75. The number of hydrogen-bond acceptors (Lipinski definition) is 4. The number of fused-ring (bicyclic) bond motifs is 2. The summed E-state index contributed by atoms with van der Waals surface area (Å²) in [6, 6.07) is 7.54. The lowest BCUT2D eigenvalue weighted by Crippen LogP contribution is -2.53. The number of likely N-dealkylation sites (N-methyl/N-ethyl adjacent to an activating group) is 1. The first kappa shape index (κ1) is 18.7. The van der Waals surface area contributed by atoms with Crippen molar-refractivity contribution in [1.29, 1.82) is 0 Å². The number of amides is 2. The van der Waals surface area contributed by atoms with Crippen molar-refractivity contribution in [3.63, 3.8) is 0 Å². The van der Waals surface area contributed by atoms with Crippen LogP contribution >= 0.6 is 0 Å². The van der Waals surface area contributed by atoms with Crippen LogP contribution < -0.4 is 15.8 Å². The molecule has 2 aliphatic rings. The van der Waals surface area contributed by atoms with Crippen LogP contribution in [0.2, 0.25) is 0 Å². The van der Waals surface area contributed by atoms with Crippen LogP contribution in [-0.2, 0) is 4.79 Å². The summed E-state index contributed by atoms with van der Waals surface area (Å²) < 4.78 is 5.61. The van der Waals surface area contributed by atoms with Crippen LogP contribution in [-0.4, -0.2) is 49.5 Å². The molecule has 2 unspecified atom stereocenters. The monoisotopic (exact) mass is 359 g/mol. The highest BCUT2D eigenvalue weighted by atomic mass is 16.5. The lowest BCUT2D eigenvalue weighted by molar-refractivity contribution is -0.130. The summed E-state index contributed by atoms with van der Waals surface area (Å²) in [6.45, 7) is -0.0825. The molecule has 26 heavy (non-hydrogen) atoms. The van der Waals surface area contributed by atoms with Gasteiger partial charge in [-0.2, -0.15) is 0 Å². The van der Waals surface area contributed by atoms with Crippen LogP contribution in [0, 0.1) is 11.8 Å². The molecule has 6 heteroatoms. The van der Waals surface area contributed by atoms with Crippen molar-refractivity contribution >= 4 is 11.8 Å². The van der Waals surface area contributed by atoms with Gasteiger partial charge >= 0.3 is 0 Å². The minimum Gasteiger partial charge on any atom is -0.483 e. The Bertz CT molecular complexity index is 647. The molecule has 3 N–H and O–H groups in total. The molecule has 0 radical (unpaired) electrons. The first-order valence-corrected chi connectivity index (χ1v) is 9.44. The molecule has 2 amide bonds. The molecular weight excluding hydrogens is 330 g/mol. The minimum absolute atomic E-state index is 0.0825. The highest BCUT2D eigenvalue weighted by Gasteiger charge is 2.40. The predicted octanol–water partition coefficient (Wildman–Crippen LogP) is 1.79. The van der Waals surface area contributed by atoms with Gasteiger partial charge in [0, 0.05) is 26.2 Å². The zero-order valence-electron chi connectivity index (χ0n) is 15.6. The molecule has 2 atom stereocenters. The number of hydrogen-bond donors (Lipinski definition) is 2. The first-order valence-electron chi connectivity index (χ1n) is 9.44. The quantitative estimate of drug-likeness (QED) is 0.839. The minimum atomic E-state index is -0.143. The van der Waals surface area contributed by atoms with Crippen molar-refractivity contribution in [2.45, 2.75) is 44.2 Å². The van der Waals surface area contributed by atoms with E-state index in [0.717, 1.165) is 25.7 Å². The number of ether oxygens (including phenoxy) is 1. The van der Waals surface area contributed by atoms with Gasteiger partial charge in [-0.3, -0.25) is 9.59 Å². The lowest BCUT2D eigenvalue weighted by Gasteiger charge is -2.45. The van der Waals surface area contributed by atoms with Gasteiger partial charge in [0.05, 0.1) is 5.56 Å². The molecule has 2 aliphatic carbocycles. The van der Waals surface area contributed by atoms with Crippen molar-refractivity contribution in [1.82, 2.24) is 10.2 Å². The van der Waals surface area contributed by atoms with Gasteiger partial charge in [-0.05, 0) is 49.7 Å². The maximum atomic E-state index is 12.9. The molecule has 2 saturated carbocycles. The van der Waals surface area contributed by atoms with Crippen LogP contribution in [0.3, 0.4) is 0 Å². The molecule has 0 heterocycles. The fraction of sp³-hybridized carbons (Fsp3) is 0.600. The molecule has 3 rings (SSSR count). The SMILES string of the molecule is CN(C)C(=O)COc1ccccc1C(=O)NC1C2CCCC1CC(N)C2. The van der Waals surface area contributed by atoms with Crippen LogP contribution in [0.5, 0.6) is 5.75 Å². The summed E-state index contributed by atoms with van der Waals surface area (Å²) in [7, 11) is 3.35. The largest absolute Gasteiger partial charge is 0.483 e. The number of para-hydroxylation sites is 1. The van der Waals surface area contributed by atoms with E-state index in [1.165, 1.54) is 11.3 Å². The molecule has 0 aromatic heterocycles. The van der Waals surface area contributed by atoms with E-state index in [1.807, 2.05) is 6.07 Å². The van der Waals surface area contributed by atoms with Gasteiger partial charge in [0.25, 0.3) is 11.8 Å². The number of nitrogens with one attached hydrogen (secondary N) is 1. The third-order valence-corrected chi connectivity index (χ3v) is 5.66. The van der Waals surface area contributed by atoms with Crippen molar-refractivity contribution in [2.75, 3.05) is 20.7 Å². The van der Waals surface area contributed by atoms with E-state index in [2.05, 4.69) is 5.32 Å². The summed E-state index contributed by atoms with van der Waals surface area (Å²) in [6.07, 6.45) is 5.45. The van der Waals surface area contributed by atoms with Gasteiger partial charge in [-0.1, -0.05) is 18.6 Å². The Morgan fingerprint density at radius 2 is 1.85 bits per heavy atom. The maximum Gasteiger partial charge on any atom is 0.259 e. The molecule has 0 saturated heterocycles. The summed E-state index contributed by atoms with van der Waals surface area (Å²) in [5, 5.41) is 3.24. The van der Waals surface area contributed by atoms with Gasteiger partial charge in [-0.25, -0.2) is 0 Å². The van der Waals surface area contributed by atoms with Crippen LogP contribution in [0.25, 0.3) is 0 Å². The molecular formula is C20H29N3O3. The average molecular weight is 359 g/mol. The van der Waals surface area contributed by atoms with E-state index in [1.54, 1.807) is 32.3 Å². The van der Waals surface area contributed by atoms with Crippen LogP contribution in [0.4, 0.5) is 0 Å². The molecule has 2 fully saturated rings. The second kappa shape index (κ2) is 8.08. The van der Waals surface area contributed by atoms with Crippen molar-refractivity contribution in [2.24, 2.45) is 17.6 Å². The summed E-state index contributed by atoms with van der Waals surface area (Å²) in [5.74, 6) is 1.10. The van der Waals surface area contributed by atoms with Gasteiger partial charge in [0.2, 0.25) is 0 Å². The molecule has 1 aromatic rings. The maximum absolute atomic E-state index is 12.9. The van der Waals surface area contributed by atoms with Gasteiger partial charge in [0.1, 0.15) is 5.75 Å². The molecule has 1 aromatic carbocycles. The molecule has 0 aliphatic heterocycles. The van der Waals surface area contributed by atoms with E-state index < -0.39 is 0 Å². The smallest absolute Gasteiger partial charge is 0.259 e. The Morgan fingerprint density at radius 3 is 2.50 bits per heavy atom. The normalized spacial score (nSPS) is 27.5. The molecule has 0 spiro atoms. The van der Waals surface area contributed by atoms with Crippen molar-refractivity contribution in [3.05, 3.63) is 29.8 Å². The Labute approximate surface area is 155 Å². The first-order chi connectivity index (χ1) is 12.5. The Hall–Kier alpha value is -2.08. The number of benzene rings is 1. The van der Waals surface area contributed by atoms with Crippen molar-refractivity contribution in [3.8, 4) is 5.75 Å². The fourth-order valence-corrected chi connectivity index (χ4v) is 4.30. The van der Waals surface area contributed by atoms with E-state index in [0.29, 0.717) is 23.1 Å². The lowest BCUT2D eigenvalue weighted by atomic mass is 9.67. The third-order valence-electron chi connectivity index (χ3n) is 5.66. The highest BCUT2D eigenvalue weighted by Crippen LogP contribution is 2.39. The highest BCUT2D eigenvalue weighted by molar-refractivity contribution is 5.97. The fourth-order valence-electron chi connectivity index (χ4n) is 4.30. The van der Waals surface area contributed by atoms with Gasteiger partial charge in [-0.15, -0.1) is 0 Å². The Kier molecular flexibility index (Phi) is 5.81. The predicted molar refractivity (Wildman–Crippen MR) is 99.9 cm³/mol. The Balaban J connectivity index is 1.69. The standard InChI is InChI=1S/C20H29N3O3/c1-23(2)18(24)12-26-17-9-4-3-8-16(17)20(25)22-19-13-6-5-7-14(19)11-15(21)10-13/h3-4,8-9,13-15,19H,5-7,10-12,21H2,1-2H3,(H,22,25). The zero-order chi connectivity index (χ0) is 18.7. The molecule has 6 nitrogen and oxygen atoms in total. The summed E-state index contributed by atoms with van der Waals surface area (Å²) in [5.41, 5.74) is 6.66. The van der Waals surface area contributed by atoms with Crippen LogP contribution in [0.1, 0.15) is 42.5 Å². The van der Waals surface area contributed by atoms with Gasteiger partial charge < -0.3 is 20.7 Å². The van der Waals surface area contributed by atoms with E-state index >= 15 is 0 Å². The van der Waals surface area contributed by atoms with E-state index in [9.17, 15) is 9.59 Å². The number of carbonyl (C=O) groups excluding carboxylic acids is 2. The number of carbonyl (C=O) groups is 2. The zero-order valence-corrected chi connectivity index (χ0v) is 15.6. The van der Waals surface area contributed by atoms with Crippen molar-refractivity contribution < 1.29 is 14.3 Å². The summed E-state index contributed by atoms with van der Waals surface area (Å²) >= 11 is 0. The topological polar surface area (TPSA) is 84.7 Å². The Morgan fingerprint density at radius 1 is 1.19 bits per heavy atom. The van der Waals surface area contributed by atoms with E-state index in [4.69, 9.17) is 10.5 Å². The molecule has 2 bridgehead atoms. The second-order valence-electron chi connectivity index (χ2n) is 7.75.